The molecule has 1 unspecified atom stereocenters. The molecule has 0 aromatic heterocycles. The third-order valence-corrected chi connectivity index (χ3v) is 3.01. The van der Waals surface area contributed by atoms with Crippen LogP contribution in [0.3, 0.4) is 0 Å². The SMILES string of the molecule is Cc1cccc(OC2(C)C=CC=[C]C2)c1C. The van der Waals surface area contributed by atoms with E-state index in [-0.39, 0.29) is 5.60 Å². The zero-order valence-corrected chi connectivity index (χ0v) is 10.1. The first-order valence-electron chi connectivity index (χ1n) is 5.60. The van der Waals surface area contributed by atoms with Gasteiger partial charge in [0.2, 0.25) is 0 Å². The van der Waals surface area contributed by atoms with Gasteiger partial charge in [0.05, 0.1) is 0 Å². The molecule has 16 heavy (non-hydrogen) atoms. The van der Waals surface area contributed by atoms with E-state index >= 15 is 0 Å². The average Bonchev–Trinajstić information content (AvgIpc) is 2.26. The molecule has 1 heteroatoms. The van der Waals surface area contributed by atoms with Crippen molar-refractivity contribution in [1.29, 1.82) is 0 Å². The summed E-state index contributed by atoms with van der Waals surface area (Å²) in [6.07, 6.45) is 10.0. The van der Waals surface area contributed by atoms with Crippen LogP contribution in [0.2, 0.25) is 0 Å². The van der Waals surface area contributed by atoms with Crippen LogP contribution in [-0.2, 0) is 0 Å². The fourth-order valence-electron chi connectivity index (χ4n) is 1.80. The van der Waals surface area contributed by atoms with Crippen molar-refractivity contribution in [3.63, 3.8) is 0 Å². The molecular weight excluding hydrogens is 196 g/mol. The fourth-order valence-corrected chi connectivity index (χ4v) is 1.80. The topological polar surface area (TPSA) is 9.23 Å². The van der Waals surface area contributed by atoms with Crippen LogP contribution in [0.15, 0.2) is 36.4 Å². The molecular formula is C15H17O. The minimum atomic E-state index is -0.257. The lowest BCUT2D eigenvalue weighted by Gasteiger charge is -2.28. The van der Waals surface area contributed by atoms with Gasteiger partial charge in [-0.2, -0.15) is 0 Å². The second kappa shape index (κ2) is 4.17. The third-order valence-electron chi connectivity index (χ3n) is 3.01. The quantitative estimate of drug-likeness (QED) is 0.726. The Kier molecular flexibility index (Phi) is 2.86. The van der Waals surface area contributed by atoms with Crippen molar-refractivity contribution in [2.24, 2.45) is 0 Å². The molecule has 1 atom stereocenters. The summed E-state index contributed by atoms with van der Waals surface area (Å²) >= 11 is 0. The van der Waals surface area contributed by atoms with Crippen molar-refractivity contribution in [2.75, 3.05) is 0 Å². The molecule has 0 N–H and O–H groups in total. The molecule has 1 aliphatic rings. The number of hydrogen-bond acceptors (Lipinski definition) is 1. The Morgan fingerprint density at radius 1 is 1.31 bits per heavy atom. The fraction of sp³-hybridized carbons (Fsp3) is 0.333. The number of rotatable bonds is 2. The minimum Gasteiger partial charge on any atom is -0.483 e. The van der Waals surface area contributed by atoms with Crippen LogP contribution in [0.5, 0.6) is 5.75 Å². The number of aryl methyl sites for hydroxylation is 1. The second-order valence-electron chi connectivity index (χ2n) is 4.52. The molecule has 2 rings (SSSR count). The van der Waals surface area contributed by atoms with Crippen molar-refractivity contribution < 1.29 is 4.74 Å². The monoisotopic (exact) mass is 213 g/mol. The van der Waals surface area contributed by atoms with E-state index in [1.165, 1.54) is 11.1 Å². The van der Waals surface area contributed by atoms with Crippen molar-refractivity contribution in [3.05, 3.63) is 53.6 Å². The van der Waals surface area contributed by atoms with Gasteiger partial charge in [0.15, 0.2) is 0 Å². The standard InChI is InChI=1S/C15H17O/c1-12-8-7-9-14(13(12)2)16-15(3)10-5-4-6-11-15/h4-5,7-10H,11H2,1-3H3. The molecule has 1 aromatic rings. The van der Waals surface area contributed by atoms with E-state index in [2.05, 4.69) is 39.0 Å². The van der Waals surface area contributed by atoms with Crippen LogP contribution in [0, 0.1) is 19.9 Å². The molecule has 0 bridgehead atoms. The highest BCUT2D eigenvalue weighted by Gasteiger charge is 2.23. The zero-order valence-electron chi connectivity index (χ0n) is 10.1. The zero-order chi connectivity index (χ0) is 11.6. The molecule has 1 aromatic carbocycles. The number of hydrogen-bond donors (Lipinski definition) is 0. The Morgan fingerprint density at radius 3 is 2.81 bits per heavy atom. The van der Waals surface area contributed by atoms with Crippen molar-refractivity contribution >= 4 is 0 Å². The van der Waals surface area contributed by atoms with Gasteiger partial charge in [0, 0.05) is 6.42 Å². The van der Waals surface area contributed by atoms with Gasteiger partial charge in [-0.3, -0.25) is 0 Å². The average molecular weight is 213 g/mol. The molecule has 0 fully saturated rings. The first-order chi connectivity index (χ1) is 7.61. The molecule has 1 nitrogen and oxygen atoms in total. The third kappa shape index (κ3) is 2.19. The highest BCUT2D eigenvalue weighted by Crippen LogP contribution is 2.28. The lowest BCUT2D eigenvalue weighted by Crippen LogP contribution is -2.30. The van der Waals surface area contributed by atoms with Crippen molar-refractivity contribution in [1.82, 2.24) is 0 Å². The second-order valence-corrected chi connectivity index (χ2v) is 4.52. The Bertz CT molecular complexity index is 443. The van der Waals surface area contributed by atoms with Gasteiger partial charge < -0.3 is 4.74 Å². The first kappa shape index (κ1) is 11.0. The van der Waals surface area contributed by atoms with Crippen molar-refractivity contribution in [2.45, 2.75) is 32.8 Å². The van der Waals surface area contributed by atoms with Crippen LogP contribution in [0.25, 0.3) is 0 Å². The van der Waals surface area contributed by atoms with Gasteiger partial charge in [0.1, 0.15) is 11.4 Å². The van der Waals surface area contributed by atoms with Crippen LogP contribution >= 0.6 is 0 Å². The highest BCUT2D eigenvalue weighted by atomic mass is 16.5. The summed E-state index contributed by atoms with van der Waals surface area (Å²) in [6.45, 7) is 6.29. The number of benzene rings is 1. The molecule has 0 spiro atoms. The maximum Gasteiger partial charge on any atom is 0.129 e. The Morgan fingerprint density at radius 2 is 2.12 bits per heavy atom. The lowest BCUT2D eigenvalue weighted by molar-refractivity contribution is 0.139. The van der Waals surface area contributed by atoms with Gasteiger partial charge in [0.25, 0.3) is 0 Å². The van der Waals surface area contributed by atoms with E-state index in [4.69, 9.17) is 4.74 Å². The van der Waals surface area contributed by atoms with Gasteiger partial charge in [-0.15, -0.1) is 0 Å². The molecule has 0 saturated heterocycles. The first-order valence-corrected chi connectivity index (χ1v) is 5.60. The largest absolute Gasteiger partial charge is 0.483 e. The summed E-state index contributed by atoms with van der Waals surface area (Å²) in [7, 11) is 0. The predicted octanol–water partition coefficient (Wildman–Crippen LogP) is 3.76. The van der Waals surface area contributed by atoms with Gasteiger partial charge in [-0.1, -0.05) is 24.3 Å². The van der Waals surface area contributed by atoms with Crippen molar-refractivity contribution in [3.8, 4) is 5.75 Å². The van der Waals surface area contributed by atoms with Crippen LogP contribution in [0.4, 0.5) is 0 Å². The highest BCUT2D eigenvalue weighted by molar-refractivity contribution is 5.39. The molecule has 1 aliphatic carbocycles. The maximum atomic E-state index is 6.09. The summed E-state index contributed by atoms with van der Waals surface area (Å²) in [4.78, 5) is 0. The Balaban J connectivity index is 2.24. The normalized spacial score (nSPS) is 23.4. The predicted molar refractivity (Wildman–Crippen MR) is 66.5 cm³/mol. The van der Waals surface area contributed by atoms with Crippen LogP contribution in [-0.4, -0.2) is 5.60 Å². The summed E-state index contributed by atoms with van der Waals surface area (Å²) in [5.74, 6) is 0.968. The van der Waals surface area contributed by atoms with E-state index in [0.29, 0.717) is 0 Å². The van der Waals surface area contributed by atoms with E-state index in [9.17, 15) is 0 Å². The molecule has 0 aliphatic heterocycles. The summed E-state index contributed by atoms with van der Waals surface area (Å²) in [5, 5.41) is 0. The van der Waals surface area contributed by atoms with Gasteiger partial charge in [-0.05, 0) is 50.1 Å². The summed E-state index contributed by atoms with van der Waals surface area (Å²) in [6, 6.07) is 6.17. The van der Waals surface area contributed by atoms with Gasteiger partial charge >= 0.3 is 0 Å². The minimum absolute atomic E-state index is 0.257. The molecule has 83 valence electrons. The molecule has 1 radical (unpaired) electrons. The van der Waals surface area contributed by atoms with E-state index in [0.717, 1.165) is 12.2 Å². The molecule has 0 amide bonds. The maximum absolute atomic E-state index is 6.09. The molecule has 0 heterocycles. The lowest BCUT2D eigenvalue weighted by atomic mass is 9.97. The van der Waals surface area contributed by atoms with Crippen LogP contribution < -0.4 is 4.74 Å². The van der Waals surface area contributed by atoms with E-state index in [1.807, 2.05) is 24.3 Å². The van der Waals surface area contributed by atoms with Gasteiger partial charge in [-0.25, -0.2) is 0 Å². The number of allylic oxidation sites excluding steroid dienone is 2. The summed E-state index contributed by atoms with van der Waals surface area (Å²) < 4.78 is 6.09. The number of ether oxygens (including phenoxy) is 1. The van der Waals surface area contributed by atoms with E-state index in [1.54, 1.807) is 0 Å². The molecule has 0 saturated carbocycles. The summed E-state index contributed by atoms with van der Waals surface area (Å²) in [5.41, 5.74) is 2.22. The Labute approximate surface area is 97.4 Å². The smallest absolute Gasteiger partial charge is 0.129 e. The van der Waals surface area contributed by atoms with Crippen LogP contribution in [0.1, 0.15) is 24.5 Å². The Hall–Kier alpha value is -1.50. The van der Waals surface area contributed by atoms with E-state index < -0.39 is 0 Å².